The molecule has 164 valence electrons. The summed E-state index contributed by atoms with van der Waals surface area (Å²) >= 11 is 0. The molecule has 2 amide bonds. The van der Waals surface area contributed by atoms with Gasteiger partial charge in [-0.25, -0.2) is 4.98 Å². The van der Waals surface area contributed by atoms with Crippen molar-refractivity contribution in [3.63, 3.8) is 0 Å². The number of rotatable bonds is 4. The van der Waals surface area contributed by atoms with Crippen LogP contribution in [-0.2, 0) is 4.79 Å². The second kappa shape index (κ2) is 8.10. The van der Waals surface area contributed by atoms with Crippen LogP contribution in [0.4, 0.5) is 5.69 Å². The van der Waals surface area contributed by atoms with Crippen molar-refractivity contribution in [1.29, 1.82) is 0 Å². The molecule has 11 nitrogen and oxygen atoms in total. The zero-order chi connectivity index (χ0) is 23.0. The Morgan fingerprint density at radius 2 is 1.91 bits per heavy atom. The number of pyridine rings is 1. The summed E-state index contributed by atoms with van der Waals surface area (Å²) in [4.78, 5) is 54.9. The number of ketones is 1. The molecule has 0 spiro atoms. The van der Waals surface area contributed by atoms with Gasteiger partial charge in [0.25, 0.3) is 23.3 Å². The molecule has 0 unspecified atom stereocenters. The lowest BCUT2D eigenvalue weighted by atomic mass is 10.1. The first-order valence-corrected chi connectivity index (χ1v) is 9.88. The second-order valence-electron chi connectivity index (χ2n) is 7.52. The third-order valence-electron chi connectivity index (χ3n) is 5.55. The van der Waals surface area contributed by atoms with E-state index in [0.29, 0.717) is 10.3 Å². The molecule has 2 aromatic heterocycles. The maximum atomic E-state index is 13.0. The smallest absolute Gasteiger partial charge is 0.333 e. The molecule has 1 aromatic carbocycles. The number of fused-ring (bicyclic) bond motifs is 1. The third-order valence-corrected chi connectivity index (χ3v) is 5.55. The first-order valence-electron chi connectivity index (χ1n) is 9.88. The lowest BCUT2D eigenvalue weighted by molar-refractivity contribution is -0.886. The first kappa shape index (κ1) is 21.0. The summed E-state index contributed by atoms with van der Waals surface area (Å²) in [6.45, 7) is 2.38. The lowest BCUT2D eigenvalue weighted by Crippen LogP contribution is -2.56. The summed E-state index contributed by atoms with van der Waals surface area (Å²) in [6.07, 6.45) is 2.24. The van der Waals surface area contributed by atoms with Crippen molar-refractivity contribution in [2.45, 2.75) is 13.0 Å². The molecule has 11 heteroatoms. The molecule has 4 rings (SSSR count). The van der Waals surface area contributed by atoms with Crippen LogP contribution in [0.1, 0.15) is 27.6 Å². The van der Waals surface area contributed by atoms with E-state index in [1.54, 1.807) is 36.1 Å². The molecule has 0 bridgehead atoms. The third kappa shape index (κ3) is 3.53. The van der Waals surface area contributed by atoms with Crippen LogP contribution in [-0.4, -0.2) is 68.2 Å². The Hall–Kier alpha value is -4.28. The van der Waals surface area contributed by atoms with E-state index >= 15 is 0 Å². The zero-order valence-corrected chi connectivity index (χ0v) is 17.1. The fourth-order valence-corrected chi connectivity index (χ4v) is 3.94. The molecule has 3 aromatic rings. The van der Waals surface area contributed by atoms with Gasteiger partial charge < -0.3 is 15.0 Å². The predicted octanol–water partition coefficient (Wildman–Crippen LogP) is 1.16. The molecule has 3 heterocycles. The van der Waals surface area contributed by atoms with Crippen molar-refractivity contribution in [2.75, 3.05) is 19.6 Å². The number of nitrogens with one attached hydrogen (secondary N) is 1. The van der Waals surface area contributed by atoms with Gasteiger partial charge in [0.15, 0.2) is 5.39 Å². The van der Waals surface area contributed by atoms with Gasteiger partial charge in [-0.2, -0.15) is 0 Å². The van der Waals surface area contributed by atoms with E-state index in [2.05, 4.69) is 4.98 Å². The maximum absolute atomic E-state index is 13.0. The molecule has 0 radical (unpaired) electrons. The van der Waals surface area contributed by atoms with Gasteiger partial charge in [-0.15, -0.1) is 0 Å². The van der Waals surface area contributed by atoms with Crippen LogP contribution in [0.3, 0.4) is 0 Å². The summed E-state index contributed by atoms with van der Waals surface area (Å²) < 4.78 is 0.611. The number of aromatic amines is 1. The molecule has 1 fully saturated rings. The van der Waals surface area contributed by atoms with Crippen LogP contribution in [0.15, 0.2) is 48.8 Å². The Labute approximate surface area is 181 Å². The van der Waals surface area contributed by atoms with Gasteiger partial charge in [0.1, 0.15) is 12.4 Å². The van der Waals surface area contributed by atoms with E-state index in [1.165, 1.54) is 11.1 Å². The van der Waals surface area contributed by atoms with E-state index in [0.717, 1.165) is 12.3 Å². The molecular weight excluding hydrogens is 418 g/mol. The summed E-state index contributed by atoms with van der Waals surface area (Å²) in [5.74, 6) is -1.91. The van der Waals surface area contributed by atoms with Crippen LogP contribution in [0.2, 0.25) is 0 Å². The number of carbonyl (C=O) groups is 3. The summed E-state index contributed by atoms with van der Waals surface area (Å²) in [5.41, 5.74) is -0.134. The number of hydrogen-bond acceptors (Lipinski definition) is 6. The van der Waals surface area contributed by atoms with E-state index < -0.39 is 28.3 Å². The van der Waals surface area contributed by atoms with Gasteiger partial charge in [0, 0.05) is 31.2 Å². The van der Waals surface area contributed by atoms with Gasteiger partial charge in [0.2, 0.25) is 0 Å². The van der Waals surface area contributed by atoms with Gasteiger partial charge >= 0.3 is 5.65 Å². The highest BCUT2D eigenvalue weighted by molar-refractivity contribution is 6.45. The van der Waals surface area contributed by atoms with Gasteiger partial charge in [-0.3, -0.25) is 24.5 Å². The monoisotopic (exact) mass is 438 g/mol. The van der Waals surface area contributed by atoms with Crippen LogP contribution in [0.25, 0.3) is 11.0 Å². The number of piperazine rings is 1. The van der Waals surface area contributed by atoms with E-state index in [4.69, 9.17) is 0 Å². The number of hydrogen-bond donors (Lipinski definition) is 2. The summed E-state index contributed by atoms with van der Waals surface area (Å²) in [7, 11) is 0. The SMILES string of the molecule is C[C@@H]1CN(C(=O)c2ccccc2)CCN1C(=O)C(=O)c1c[nH]c2c1c([N+](=O)[O-])cc[n+]2O. The Morgan fingerprint density at radius 3 is 2.56 bits per heavy atom. The second-order valence-corrected chi connectivity index (χ2v) is 7.52. The molecule has 2 N–H and O–H groups in total. The molecule has 0 aliphatic carbocycles. The van der Waals surface area contributed by atoms with E-state index in [-0.39, 0.29) is 42.1 Å². The Kier molecular flexibility index (Phi) is 5.31. The quantitative estimate of drug-likeness (QED) is 0.156. The predicted molar refractivity (Wildman–Crippen MR) is 110 cm³/mol. The molecule has 0 saturated carbocycles. The standard InChI is InChI=1S/C21H19N5O6/c1-13-12-23(20(28)14-5-3-2-4-6-14)9-10-24(13)21(29)18(27)15-11-22-19-17(15)16(26(31)32)7-8-25(19)30/h2-8,11,13,30H,9-10,12H2,1H3/p+1/t13-/m1/s1. The molecule has 32 heavy (non-hydrogen) atoms. The fourth-order valence-electron chi connectivity index (χ4n) is 3.94. The lowest BCUT2D eigenvalue weighted by Gasteiger charge is -2.39. The van der Waals surface area contributed by atoms with Crippen molar-refractivity contribution in [2.24, 2.45) is 0 Å². The highest BCUT2D eigenvalue weighted by Crippen LogP contribution is 2.27. The van der Waals surface area contributed by atoms with Crippen LogP contribution in [0.5, 0.6) is 0 Å². The highest BCUT2D eigenvalue weighted by Gasteiger charge is 2.37. The number of carbonyl (C=O) groups excluding carboxylic acids is 3. The van der Waals surface area contributed by atoms with Crippen molar-refractivity contribution < 1.29 is 29.2 Å². The molecular formula is C21H20N5O6+. The number of aromatic nitrogens is 2. The van der Waals surface area contributed by atoms with Crippen LogP contribution >= 0.6 is 0 Å². The minimum Gasteiger partial charge on any atom is -0.350 e. The van der Waals surface area contributed by atoms with Crippen LogP contribution in [0, 0.1) is 10.1 Å². The van der Waals surface area contributed by atoms with Crippen molar-refractivity contribution in [3.05, 3.63) is 70.0 Å². The molecule has 1 aliphatic heterocycles. The highest BCUT2D eigenvalue weighted by atomic mass is 16.6. The Balaban J connectivity index is 1.56. The first-order chi connectivity index (χ1) is 15.3. The zero-order valence-electron chi connectivity index (χ0n) is 17.1. The molecule has 1 aliphatic rings. The minimum atomic E-state index is -0.930. The van der Waals surface area contributed by atoms with Gasteiger partial charge in [-0.05, 0) is 19.1 Å². The van der Waals surface area contributed by atoms with Gasteiger partial charge in [-0.1, -0.05) is 22.9 Å². The average molecular weight is 438 g/mol. The number of amides is 2. The van der Waals surface area contributed by atoms with Crippen molar-refractivity contribution in [1.82, 2.24) is 14.8 Å². The Bertz CT molecular complexity index is 1240. The molecule has 1 atom stereocenters. The fraction of sp³-hybridized carbons (Fsp3) is 0.238. The van der Waals surface area contributed by atoms with Gasteiger partial charge in [0.05, 0.1) is 16.6 Å². The molecule has 1 saturated heterocycles. The van der Waals surface area contributed by atoms with Crippen molar-refractivity contribution in [3.8, 4) is 0 Å². The van der Waals surface area contributed by atoms with E-state index in [9.17, 15) is 29.7 Å². The number of nitro groups is 1. The maximum Gasteiger partial charge on any atom is 0.333 e. The van der Waals surface area contributed by atoms with E-state index in [1.807, 2.05) is 6.07 Å². The number of H-pyrrole nitrogens is 1. The normalized spacial score (nSPS) is 16.2. The average Bonchev–Trinajstić information content (AvgIpc) is 3.24. The summed E-state index contributed by atoms with van der Waals surface area (Å²) in [5, 5.41) is 21.1. The van der Waals surface area contributed by atoms with Crippen molar-refractivity contribution >= 4 is 34.3 Å². The number of benzene rings is 1. The number of nitrogens with zero attached hydrogens (tertiary/aromatic N) is 4. The largest absolute Gasteiger partial charge is 0.350 e. The Morgan fingerprint density at radius 1 is 1.19 bits per heavy atom. The van der Waals surface area contributed by atoms with Crippen LogP contribution < -0.4 is 4.73 Å². The number of Topliss-reactive ketones (excluding diaryl/α,β-unsaturated/α-hetero) is 1. The topological polar surface area (TPSA) is 141 Å². The summed E-state index contributed by atoms with van der Waals surface area (Å²) in [6, 6.07) is 9.40. The minimum absolute atomic E-state index is 0.0679.